The van der Waals surface area contributed by atoms with Gasteiger partial charge in [-0.2, -0.15) is 11.1 Å². The summed E-state index contributed by atoms with van der Waals surface area (Å²) >= 11 is 7.85. The fraction of sp³-hybridized carbons (Fsp3) is 0.586. The van der Waals surface area contributed by atoms with Crippen LogP contribution in [0, 0.1) is 23.2 Å². The molecule has 0 N–H and O–H groups in total. The van der Waals surface area contributed by atoms with Crippen molar-refractivity contribution in [2.24, 2.45) is 23.2 Å². The first-order valence-corrected chi connectivity index (χ1v) is 16.1. The summed E-state index contributed by atoms with van der Waals surface area (Å²) in [5.41, 5.74) is 9.96. The van der Waals surface area contributed by atoms with Crippen LogP contribution in [0.3, 0.4) is 0 Å². The maximum atomic E-state index is 7.85. The van der Waals surface area contributed by atoms with Crippen molar-refractivity contribution < 1.29 is 0 Å². The van der Waals surface area contributed by atoms with Gasteiger partial charge in [0.25, 0.3) is 0 Å². The molecule has 31 heavy (non-hydrogen) atoms. The first kappa shape index (κ1) is 21.8. The first-order chi connectivity index (χ1) is 14.7. The molecule has 1 aromatic carbocycles. The molecule has 1 fully saturated rings. The van der Waals surface area contributed by atoms with Crippen molar-refractivity contribution in [3.05, 3.63) is 64.3 Å². The summed E-state index contributed by atoms with van der Waals surface area (Å²) in [6.07, 6.45) is 9.88. The van der Waals surface area contributed by atoms with E-state index in [9.17, 15) is 0 Å². The van der Waals surface area contributed by atoms with Crippen LogP contribution in [-0.4, -0.2) is 7.38 Å². The summed E-state index contributed by atoms with van der Waals surface area (Å²) in [5.74, 6) is 2.03. The minimum Gasteiger partial charge on any atom is -0.166 e. The SMILES string of the molecule is CC[Si](Cl)(CC)C1(C)C2=C3Cc4ccccc4C3=C3C=CCCC3C2CC(C)C1(C)C. The van der Waals surface area contributed by atoms with E-state index in [4.69, 9.17) is 11.1 Å². The third kappa shape index (κ3) is 2.66. The minimum atomic E-state index is -2.05. The topological polar surface area (TPSA) is 0 Å². The molecule has 0 nitrogen and oxygen atoms in total. The Kier molecular flexibility index (Phi) is 5.07. The van der Waals surface area contributed by atoms with Crippen molar-refractivity contribution in [1.82, 2.24) is 0 Å². The van der Waals surface area contributed by atoms with E-state index < -0.39 is 7.38 Å². The Morgan fingerprint density at radius 1 is 1.06 bits per heavy atom. The Bertz CT molecular complexity index is 999. The highest BCUT2D eigenvalue weighted by molar-refractivity contribution is 7.22. The quantitative estimate of drug-likeness (QED) is 0.318. The number of fused-ring (bicyclic) bond motifs is 6. The second-order valence-corrected chi connectivity index (χ2v) is 17.9. The van der Waals surface area contributed by atoms with Gasteiger partial charge >= 0.3 is 0 Å². The Hall–Kier alpha value is -1.05. The summed E-state index contributed by atoms with van der Waals surface area (Å²) in [7, 11) is -2.05. The molecule has 0 bridgehead atoms. The number of hydrogen-bond acceptors (Lipinski definition) is 0. The monoisotopic (exact) mass is 450 g/mol. The molecule has 1 aromatic rings. The second kappa shape index (κ2) is 7.22. The van der Waals surface area contributed by atoms with Gasteiger partial charge in [0.15, 0.2) is 7.38 Å². The Morgan fingerprint density at radius 3 is 2.48 bits per heavy atom. The molecule has 4 unspecified atom stereocenters. The molecule has 0 aliphatic heterocycles. The lowest BCUT2D eigenvalue weighted by atomic mass is 9.51. The average molecular weight is 451 g/mol. The lowest BCUT2D eigenvalue weighted by Gasteiger charge is -2.64. The third-order valence-corrected chi connectivity index (χ3v) is 18.1. The fourth-order valence-corrected chi connectivity index (χ4v) is 13.2. The van der Waals surface area contributed by atoms with Gasteiger partial charge in [-0.3, -0.25) is 0 Å². The summed E-state index contributed by atoms with van der Waals surface area (Å²) in [4.78, 5) is 0. The second-order valence-electron chi connectivity index (χ2n) is 11.4. The van der Waals surface area contributed by atoms with Crippen molar-refractivity contribution >= 4 is 24.0 Å². The van der Waals surface area contributed by atoms with E-state index in [1.807, 2.05) is 0 Å². The molecule has 0 spiro atoms. The largest absolute Gasteiger partial charge is 0.166 e. The van der Waals surface area contributed by atoms with Crippen LogP contribution >= 0.6 is 11.1 Å². The van der Waals surface area contributed by atoms with Gasteiger partial charge in [-0.05, 0) is 88.8 Å². The molecule has 1 saturated carbocycles. The molecule has 0 heterocycles. The Morgan fingerprint density at radius 2 is 1.77 bits per heavy atom. The van der Waals surface area contributed by atoms with E-state index in [0.717, 1.165) is 18.5 Å². The smallest absolute Gasteiger partial charge is 0.166 e. The van der Waals surface area contributed by atoms with Gasteiger partial charge in [-0.15, -0.1) is 0 Å². The molecule has 4 aliphatic carbocycles. The van der Waals surface area contributed by atoms with E-state index in [2.05, 4.69) is 78.0 Å². The summed E-state index contributed by atoms with van der Waals surface area (Å²) in [5, 5.41) is 0.114. The average Bonchev–Trinajstić information content (AvgIpc) is 3.16. The lowest BCUT2D eigenvalue weighted by Crippen LogP contribution is -2.58. The highest BCUT2D eigenvalue weighted by atomic mass is 35.6. The summed E-state index contributed by atoms with van der Waals surface area (Å²) in [6.45, 7) is 15.0. The van der Waals surface area contributed by atoms with Crippen LogP contribution in [-0.2, 0) is 6.42 Å². The maximum absolute atomic E-state index is 7.85. The van der Waals surface area contributed by atoms with Gasteiger partial charge in [0.2, 0.25) is 0 Å². The molecule has 0 saturated heterocycles. The molecule has 166 valence electrons. The number of allylic oxidation sites excluding steroid dienone is 6. The Labute approximate surface area is 195 Å². The van der Waals surface area contributed by atoms with Gasteiger partial charge < -0.3 is 0 Å². The molecule has 4 aliphatic rings. The molecule has 2 heteroatoms. The molecule has 4 atom stereocenters. The van der Waals surface area contributed by atoms with Crippen molar-refractivity contribution in [2.45, 2.75) is 84.4 Å². The van der Waals surface area contributed by atoms with Crippen LogP contribution in [0.2, 0.25) is 17.1 Å². The number of halogens is 1. The van der Waals surface area contributed by atoms with Crippen molar-refractivity contribution in [2.75, 3.05) is 0 Å². The normalized spacial score (nSPS) is 33.7. The van der Waals surface area contributed by atoms with Crippen molar-refractivity contribution in [1.29, 1.82) is 0 Å². The molecular weight excluding hydrogens is 412 g/mol. The summed E-state index contributed by atoms with van der Waals surface area (Å²) < 4.78 is 0. The van der Waals surface area contributed by atoms with Crippen LogP contribution < -0.4 is 0 Å². The zero-order valence-corrected chi connectivity index (χ0v) is 22.1. The summed E-state index contributed by atoms with van der Waals surface area (Å²) in [6, 6.07) is 11.5. The van der Waals surface area contributed by atoms with Crippen LogP contribution in [0.25, 0.3) is 5.57 Å². The third-order valence-electron chi connectivity index (χ3n) is 10.5. The molecular formula is C29H39ClSi. The first-order valence-electron chi connectivity index (χ1n) is 12.6. The zero-order chi connectivity index (χ0) is 22.2. The molecule has 0 aromatic heterocycles. The number of benzene rings is 1. The predicted molar refractivity (Wildman–Crippen MR) is 138 cm³/mol. The van der Waals surface area contributed by atoms with Gasteiger partial charge in [-0.25, -0.2) is 0 Å². The van der Waals surface area contributed by atoms with E-state index in [0.29, 0.717) is 17.8 Å². The van der Waals surface area contributed by atoms with Gasteiger partial charge in [0.1, 0.15) is 0 Å². The van der Waals surface area contributed by atoms with E-state index >= 15 is 0 Å². The molecule has 0 amide bonds. The van der Waals surface area contributed by atoms with Crippen LogP contribution in [0.4, 0.5) is 0 Å². The highest BCUT2D eigenvalue weighted by Crippen LogP contribution is 2.73. The van der Waals surface area contributed by atoms with E-state index in [-0.39, 0.29) is 10.5 Å². The van der Waals surface area contributed by atoms with Gasteiger partial charge in [0.05, 0.1) is 0 Å². The van der Waals surface area contributed by atoms with E-state index in [1.54, 1.807) is 22.3 Å². The lowest BCUT2D eigenvalue weighted by molar-refractivity contribution is 0.0846. The molecule has 5 rings (SSSR count). The standard InChI is InChI=1S/C29H39ClSi/c1-7-31(30,8-2)29(6)27-24(17-19(3)28(29,4)5)22-15-11-12-16-23(22)26-21-14-10-9-13-20(21)18-25(26)27/h9-10,12-14,16,19,22,24H,7-8,11,15,17-18H2,1-6H3. The van der Waals surface area contributed by atoms with Crippen molar-refractivity contribution in [3.8, 4) is 0 Å². The van der Waals surface area contributed by atoms with Gasteiger partial charge in [0, 0.05) is 5.04 Å². The van der Waals surface area contributed by atoms with Crippen molar-refractivity contribution in [3.63, 3.8) is 0 Å². The highest BCUT2D eigenvalue weighted by Gasteiger charge is 2.65. The predicted octanol–water partition coefficient (Wildman–Crippen LogP) is 8.94. The molecule has 0 radical (unpaired) electrons. The maximum Gasteiger partial charge on any atom is 0.166 e. The number of hydrogen-bond donors (Lipinski definition) is 0. The zero-order valence-electron chi connectivity index (χ0n) is 20.3. The van der Waals surface area contributed by atoms with E-state index in [1.165, 1.54) is 30.4 Å². The van der Waals surface area contributed by atoms with Crippen LogP contribution in [0.5, 0.6) is 0 Å². The Balaban J connectivity index is 1.87. The number of rotatable bonds is 3. The van der Waals surface area contributed by atoms with Crippen LogP contribution in [0.15, 0.2) is 53.1 Å². The minimum absolute atomic E-state index is 0.114. The van der Waals surface area contributed by atoms with Gasteiger partial charge in [-0.1, -0.05) is 83.5 Å². The fourth-order valence-electron chi connectivity index (χ4n) is 8.04. The van der Waals surface area contributed by atoms with Crippen LogP contribution in [0.1, 0.15) is 71.9 Å².